The third-order valence-corrected chi connectivity index (χ3v) is 4.60. The Morgan fingerprint density at radius 2 is 1.74 bits per heavy atom. The molecule has 0 bridgehead atoms. The fourth-order valence-corrected chi connectivity index (χ4v) is 2.81. The molecule has 9 heteroatoms. The third kappa shape index (κ3) is 5.95. The lowest BCUT2D eigenvalue weighted by Gasteiger charge is -2.17. The first kappa shape index (κ1) is 19.0. The lowest BCUT2D eigenvalue weighted by Crippen LogP contribution is -2.43. The van der Waals surface area contributed by atoms with Gasteiger partial charge in [-0.1, -0.05) is 0 Å². The van der Waals surface area contributed by atoms with Gasteiger partial charge in [0.2, 0.25) is 21.8 Å². The molecule has 0 atom stereocenters. The zero-order chi connectivity index (χ0) is 17.6. The van der Waals surface area contributed by atoms with Crippen molar-refractivity contribution in [3.05, 3.63) is 30.1 Å². The van der Waals surface area contributed by atoms with Crippen LogP contribution in [-0.4, -0.2) is 50.7 Å². The topological polar surface area (TPSA) is 95.6 Å². The van der Waals surface area contributed by atoms with Crippen molar-refractivity contribution >= 4 is 21.8 Å². The van der Waals surface area contributed by atoms with Crippen LogP contribution in [0, 0.1) is 5.82 Å². The van der Waals surface area contributed by atoms with E-state index < -0.39 is 28.3 Å². The molecule has 1 aromatic rings. The number of rotatable bonds is 7. The molecule has 0 heterocycles. The summed E-state index contributed by atoms with van der Waals surface area (Å²) in [6, 6.07) is 4.24. The van der Waals surface area contributed by atoms with Gasteiger partial charge in [0, 0.05) is 13.1 Å². The molecule has 0 spiro atoms. The highest BCUT2D eigenvalue weighted by Gasteiger charge is 2.23. The number of hydrogen-bond donors (Lipinski definition) is 2. The molecule has 1 aromatic carbocycles. The molecule has 2 amide bonds. The Bertz CT molecular complexity index is 659. The predicted molar refractivity (Wildman–Crippen MR) is 82.5 cm³/mol. The van der Waals surface area contributed by atoms with Gasteiger partial charge in [-0.3, -0.25) is 9.59 Å². The number of likely N-dealkylation sites (N-methyl/N-ethyl adjacent to an activating group) is 1. The second-order valence-corrected chi connectivity index (χ2v) is 7.26. The average Bonchev–Trinajstić information content (AvgIpc) is 2.44. The van der Waals surface area contributed by atoms with Crippen LogP contribution in [0.3, 0.4) is 0 Å². The molecule has 1 rings (SSSR count). The quantitative estimate of drug-likeness (QED) is 0.732. The minimum atomic E-state index is -3.90. The van der Waals surface area contributed by atoms with E-state index >= 15 is 0 Å². The summed E-state index contributed by atoms with van der Waals surface area (Å²) in [5.74, 6) is -1.53. The van der Waals surface area contributed by atoms with Crippen molar-refractivity contribution < 1.29 is 22.4 Å². The number of sulfonamides is 1. The zero-order valence-electron chi connectivity index (χ0n) is 13.2. The number of carbonyl (C=O) groups is 2. The standard InChI is InChI=1S/C14H20FN3O4S/c1-10(2)17-13(19)8-16-14(20)9-18(3)23(21,22)12-6-4-11(15)5-7-12/h4-7,10H,8-9H2,1-3H3,(H,16,20)(H,17,19). The van der Waals surface area contributed by atoms with Gasteiger partial charge >= 0.3 is 0 Å². The second-order valence-electron chi connectivity index (χ2n) is 5.21. The van der Waals surface area contributed by atoms with Crippen molar-refractivity contribution in [2.45, 2.75) is 24.8 Å². The maximum atomic E-state index is 12.8. The van der Waals surface area contributed by atoms with Crippen LogP contribution in [0.15, 0.2) is 29.2 Å². The van der Waals surface area contributed by atoms with Crippen molar-refractivity contribution in [3.63, 3.8) is 0 Å². The first-order valence-electron chi connectivity index (χ1n) is 6.91. The Kier molecular flexibility index (Phi) is 6.64. The second kappa shape index (κ2) is 8.02. The van der Waals surface area contributed by atoms with Gasteiger partial charge in [-0.15, -0.1) is 0 Å². The fraction of sp³-hybridized carbons (Fsp3) is 0.429. The van der Waals surface area contributed by atoms with Crippen LogP contribution in [0.5, 0.6) is 0 Å². The number of nitrogens with zero attached hydrogens (tertiary/aromatic N) is 1. The molecule has 128 valence electrons. The molecule has 0 saturated carbocycles. The van der Waals surface area contributed by atoms with Gasteiger partial charge in [0.1, 0.15) is 5.82 Å². The van der Waals surface area contributed by atoms with Crippen LogP contribution >= 0.6 is 0 Å². The average molecular weight is 345 g/mol. The lowest BCUT2D eigenvalue weighted by molar-refractivity contribution is -0.126. The van der Waals surface area contributed by atoms with Crippen molar-refractivity contribution in [1.29, 1.82) is 0 Å². The smallest absolute Gasteiger partial charge is 0.243 e. The van der Waals surface area contributed by atoms with Crippen molar-refractivity contribution in [1.82, 2.24) is 14.9 Å². The third-order valence-electron chi connectivity index (χ3n) is 2.78. The van der Waals surface area contributed by atoms with E-state index in [-0.39, 0.29) is 23.4 Å². The number of hydrogen-bond acceptors (Lipinski definition) is 4. The summed E-state index contributed by atoms with van der Waals surface area (Å²) in [5, 5.41) is 4.93. The molecule has 0 aliphatic rings. The largest absolute Gasteiger partial charge is 0.352 e. The highest BCUT2D eigenvalue weighted by Crippen LogP contribution is 2.14. The van der Waals surface area contributed by atoms with E-state index in [0.717, 1.165) is 28.6 Å². The van der Waals surface area contributed by atoms with Gasteiger partial charge < -0.3 is 10.6 Å². The Morgan fingerprint density at radius 3 is 2.26 bits per heavy atom. The van der Waals surface area contributed by atoms with Crippen LogP contribution in [-0.2, 0) is 19.6 Å². The van der Waals surface area contributed by atoms with Crippen LogP contribution in [0.4, 0.5) is 4.39 Å². The van der Waals surface area contributed by atoms with E-state index in [9.17, 15) is 22.4 Å². The van der Waals surface area contributed by atoms with E-state index in [1.54, 1.807) is 13.8 Å². The maximum Gasteiger partial charge on any atom is 0.243 e. The summed E-state index contributed by atoms with van der Waals surface area (Å²) in [4.78, 5) is 23.0. The molecular formula is C14H20FN3O4S. The number of amides is 2. The first-order valence-corrected chi connectivity index (χ1v) is 8.35. The van der Waals surface area contributed by atoms with Gasteiger partial charge in [0.25, 0.3) is 0 Å². The molecule has 2 N–H and O–H groups in total. The molecule has 0 radical (unpaired) electrons. The minimum absolute atomic E-state index is 0.0547. The minimum Gasteiger partial charge on any atom is -0.352 e. The highest BCUT2D eigenvalue weighted by atomic mass is 32.2. The molecule has 0 unspecified atom stereocenters. The van der Waals surface area contributed by atoms with Crippen molar-refractivity contribution in [2.75, 3.05) is 20.1 Å². The predicted octanol–water partition coefficient (Wildman–Crippen LogP) is 0.0870. The summed E-state index contributed by atoms with van der Waals surface area (Å²) in [7, 11) is -2.67. The molecule has 0 aromatic heterocycles. The van der Waals surface area contributed by atoms with Gasteiger partial charge in [-0.2, -0.15) is 4.31 Å². The van der Waals surface area contributed by atoms with E-state index in [1.165, 1.54) is 7.05 Å². The van der Waals surface area contributed by atoms with Gasteiger partial charge in [0.05, 0.1) is 18.0 Å². The Balaban J connectivity index is 2.60. The van der Waals surface area contributed by atoms with E-state index in [2.05, 4.69) is 10.6 Å². The Labute approximate surface area is 134 Å². The first-order chi connectivity index (χ1) is 10.6. The van der Waals surface area contributed by atoms with E-state index in [4.69, 9.17) is 0 Å². The summed E-state index contributed by atoms with van der Waals surface area (Å²) in [5.41, 5.74) is 0. The van der Waals surface area contributed by atoms with Crippen LogP contribution in [0.2, 0.25) is 0 Å². The molecular weight excluding hydrogens is 325 g/mol. The molecule has 0 saturated heterocycles. The van der Waals surface area contributed by atoms with Gasteiger partial charge in [-0.05, 0) is 38.1 Å². The van der Waals surface area contributed by atoms with Crippen LogP contribution in [0.25, 0.3) is 0 Å². The molecule has 0 aliphatic carbocycles. The molecule has 0 fully saturated rings. The monoisotopic (exact) mass is 345 g/mol. The van der Waals surface area contributed by atoms with E-state index in [1.807, 2.05) is 0 Å². The number of carbonyl (C=O) groups excluding carboxylic acids is 2. The number of nitrogens with one attached hydrogen (secondary N) is 2. The lowest BCUT2D eigenvalue weighted by atomic mass is 10.4. The molecule has 7 nitrogen and oxygen atoms in total. The Morgan fingerprint density at radius 1 is 1.17 bits per heavy atom. The highest BCUT2D eigenvalue weighted by molar-refractivity contribution is 7.89. The van der Waals surface area contributed by atoms with Crippen molar-refractivity contribution in [2.24, 2.45) is 0 Å². The zero-order valence-corrected chi connectivity index (χ0v) is 14.0. The fourth-order valence-electron chi connectivity index (χ4n) is 1.68. The van der Waals surface area contributed by atoms with Crippen molar-refractivity contribution in [3.8, 4) is 0 Å². The normalized spacial score (nSPS) is 11.6. The summed E-state index contributed by atoms with van der Waals surface area (Å²) >= 11 is 0. The summed E-state index contributed by atoms with van der Waals surface area (Å²) in [6.45, 7) is 2.88. The van der Waals surface area contributed by atoms with Crippen LogP contribution in [0.1, 0.15) is 13.8 Å². The Hall–Kier alpha value is -2.00. The maximum absolute atomic E-state index is 12.8. The van der Waals surface area contributed by atoms with Gasteiger partial charge in [-0.25, -0.2) is 12.8 Å². The number of halogens is 1. The molecule has 0 aliphatic heterocycles. The summed E-state index contributed by atoms with van der Waals surface area (Å²) < 4.78 is 38.1. The SMILES string of the molecule is CC(C)NC(=O)CNC(=O)CN(C)S(=O)(=O)c1ccc(F)cc1. The summed E-state index contributed by atoms with van der Waals surface area (Å²) in [6.07, 6.45) is 0. The number of benzene rings is 1. The van der Waals surface area contributed by atoms with E-state index in [0.29, 0.717) is 0 Å². The molecule has 23 heavy (non-hydrogen) atoms. The van der Waals surface area contributed by atoms with Gasteiger partial charge in [0.15, 0.2) is 0 Å². The van der Waals surface area contributed by atoms with Crippen LogP contribution < -0.4 is 10.6 Å².